The number of hydrogen-bond donors (Lipinski definition) is 1. The minimum Gasteiger partial charge on any atom is -0.380 e. The average molecular weight is 176 g/mol. The standard InChI is InChI=1S/C7H16N2OS/c1-3-9(7(8)11)5-6-10-4-2/h3-6H2,1-2H3,(H2,8,11). The van der Waals surface area contributed by atoms with Crippen LogP contribution in [-0.2, 0) is 4.74 Å². The zero-order chi connectivity index (χ0) is 8.69. The second-order valence-corrected chi connectivity index (χ2v) is 2.53. The molecule has 0 bridgehead atoms. The normalized spacial score (nSPS) is 9.64. The van der Waals surface area contributed by atoms with Crippen molar-refractivity contribution in [3.8, 4) is 0 Å². The van der Waals surface area contributed by atoms with Crippen LogP contribution in [0.3, 0.4) is 0 Å². The summed E-state index contributed by atoms with van der Waals surface area (Å²) in [5.41, 5.74) is 5.43. The van der Waals surface area contributed by atoms with E-state index >= 15 is 0 Å². The van der Waals surface area contributed by atoms with Crippen molar-refractivity contribution in [1.82, 2.24) is 4.90 Å². The van der Waals surface area contributed by atoms with Crippen molar-refractivity contribution in [2.75, 3.05) is 26.3 Å². The molecular formula is C7H16N2OS. The van der Waals surface area contributed by atoms with Gasteiger partial charge in [0.15, 0.2) is 5.11 Å². The summed E-state index contributed by atoms with van der Waals surface area (Å²) in [5.74, 6) is 0. The molecule has 0 aromatic rings. The summed E-state index contributed by atoms with van der Waals surface area (Å²) in [6.07, 6.45) is 0. The van der Waals surface area contributed by atoms with E-state index in [-0.39, 0.29) is 0 Å². The zero-order valence-electron chi connectivity index (χ0n) is 7.17. The molecule has 0 heterocycles. The molecule has 0 aliphatic carbocycles. The minimum absolute atomic E-state index is 0.451. The number of hydrogen-bond acceptors (Lipinski definition) is 2. The van der Waals surface area contributed by atoms with Crippen molar-refractivity contribution in [2.45, 2.75) is 13.8 Å². The van der Waals surface area contributed by atoms with Crippen LogP contribution in [0.15, 0.2) is 0 Å². The van der Waals surface area contributed by atoms with Crippen molar-refractivity contribution < 1.29 is 4.74 Å². The molecule has 2 N–H and O–H groups in total. The fraction of sp³-hybridized carbons (Fsp3) is 0.857. The van der Waals surface area contributed by atoms with E-state index in [4.69, 9.17) is 22.7 Å². The maximum Gasteiger partial charge on any atom is 0.166 e. The molecule has 3 nitrogen and oxygen atoms in total. The van der Waals surface area contributed by atoms with Gasteiger partial charge < -0.3 is 15.4 Å². The molecular weight excluding hydrogens is 160 g/mol. The Morgan fingerprint density at radius 3 is 2.55 bits per heavy atom. The first-order valence-electron chi connectivity index (χ1n) is 3.84. The van der Waals surface area contributed by atoms with Gasteiger partial charge in [-0.1, -0.05) is 0 Å². The SMILES string of the molecule is CCOCCN(CC)C(N)=S. The van der Waals surface area contributed by atoms with Gasteiger partial charge >= 0.3 is 0 Å². The first-order valence-corrected chi connectivity index (χ1v) is 4.25. The molecule has 0 aliphatic heterocycles. The average Bonchev–Trinajstić information content (AvgIpc) is 1.97. The number of thiocarbonyl (C=S) groups is 1. The van der Waals surface area contributed by atoms with Gasteiger partial charge in [0.25, 0.3) is 0 Å². The van der Waals surface area contributed by atoms with Gasteiger partial charge in [-0.2, -0.15) is 0 Å². The first-order chi connectivity index (χ1) is 5.22. The maximum absolute atomic E-state index is 5.43. The third kappa shape index (κ3) is 4.98. The van der Waals surface area contributed by atoms with E-state index < -0.39 is 0 Å². The molecule has 0 aromatic carbocycles. The number of ether oxygens (including phenoxy) is 1. The van der Waals surface area contributed by atoms with Gasteiger partial charge in [-0.25, -0.2) is 0 Å². The lowest BCUT2D eigenvalue weighted by molar-refractivity contribution is 0.133. The Morgan fingerprint density at radius 1 is 1.55 bits per heavy atom. The van der Waals surface area contributed by atoms with Gasteiger partial charge in [0.05, 0.1) is 6.61 Å². The fourth-order valence-corrected chi connectivity index (χ4v) is 0.964. The summed E-state index contributed by atoms with van der Waals surface area (Å²) in [4.78, 5) is 1.91. The van der Waals surface area contributed by atoms with Gasteiger partial charge in [0.1, 0.15) is 0 Å². The maximum atomic E-state index is 5.43. The number of rotatable bonds is 5. The lowest BCUT2D eigenvalue weighted by Gasteiger charge is -2.19. The molecule has 0 aliphatic rings. The van der Waals surface area contributed by atoms with E-state index in [2.05, 4.69) is 0 Å². The van der Waals surface area contributed by atoms with E-state index in [0.717, 1.165) is 19.7 Å². The molecule has 4 heteroatoms. The van der Waals surface area contributed by atoms with Gasteiger partial charge in [-0.15, -0.1) is 0 Å². The molecule has 0 spiro atoms. The van der Waals surface area contributed by atoms with E-state index in [0.29, 0.717) is 11.7 Å². The summed E-state index contributed by atoms with van der Waals surface area (Å²) in [6, 6.07) is 0. The molecule has 0 radical (unpaired) electrons. The third-order valence-electron chi connectivity index (χ3n) is 1.40. The van der Waals surface area contributed by atoms with Crippen LogP contribution in [0, 0.1) is 0 Å². The van der Waals surface area contributed by atoms with Crippen molar-refractivity contribution in [3.63, 3.8) is 0 Å². The van der Waals surface area contributed by atoms with Gasteiger partial charge in [0, 0.05) is 19.7 Å². The first kappa shape index (κ1) is 10.7. The summed E-state index contributed by atoms with van der Waals surface area (Å²) < 4.78 is 5.16. The molecule has 0 atom stereocenters. The fourth-order valence-electron chi connectivity index (χ4n) is 0.743. The Morgan fingerprint density at radius 2 is 2.18 bits per heavy atom. The Hall–Kier alpha value is -0.350. The van der Waals surface area contributed by atoms with Gasteiger partial charge in [-0.3, -0.25) is 0 Å². The highest BCUT2D eigenvalue weighted by Gasteiger charge is 2.01. The van der Waals surface area contributed by atoms with Crippen LogP contribution in [0.5, 0.6) is 0 Å². The van der Waals surface area contributed by atoms with E-state index in [9.17, 15) is 0 Å². The quantitative estimate of drug-likeness (QED) is 0.491. The molecule has 0 saturated carbocycles. The molecule has 0 amide bonds. The predicted molar refractivity (Wildman–Crippen MR) is 50.5 cm³/mol. The van der Waals surface area contributed by atoms with E-state index in [1.807, 2.05) is 18.7 Å². The van der Waals surface area contributed by atoms with Crippen molar-refractivity contribution >= 4 is 17.3 Å². The highest BCUT2D eigenvalue weighted by atomic mass is 32.1. The topological polar surface area (TPSA) is 38.5 Å². The lowest BCUT2D eigenvalue weighted by Crippen LogP contribution is -2.37. The predicted octanol–water partition coefficient (Wildman–Crippen LogP) is 0.588. The van der Waals surface area contributed by atoms with Crippen molar-refractivity contribution in [2.24, 2.45) is 5.73 Å². The molecule has 0 fully saturated rings. The van der Waals surface area contributed by atoms with Crippen LogP contribution in [-0.4, -0.2) is 36.3 Å². The third-order valence-corrected chi connectivity index (χ3v) is 1.66. The number of likely N-dealkylation sites (N-methyl/N-ethyl adjacent to an activating group) is 1. The van der Waals surface area contributed by atoms with Crippen LogP contribution < -0.4 is 5.73 Å². The summed E-state index contributed by atoms with van der Waals surface area (Å²) in [6.45, 7) is 7.07. The molecule has 11 heavy (non-hydrogen) atoms. The van der Waals surface area contributed by atoms with Crippen LogP contribution in [0.1, 0.15) is 13.8 Å². The zero-order valence-corrected chi connectivity index (χ0v) is 7.99. The Bertz CT molecular complexity index is 119. The monoisotopic (exact) mass is 176 g/mol. The van der Waals surface area contributed by atoms with E-state index in [1.54, 1.807) is 0 Å². The highest BCUT2D eigenvalue weighted by molar-refractivity contribution is 7.80. The summed E-state index contributed by atoms with van der Waals surface area (Å²) in [5, 5.41) is 0.451. The molecule has 0 saturated heterocycles. The smallest absolute Gasteiger partial charge is 0.166 e. The highest BCUT2D eigenvalue weighted by Crippen LogP contribution is 1.87. The molecule has 0 aromatic heterocycles. The van der Waals surface area contributed by atoms with Crippen LogP contribution in [0.2, 0.25) is 0 Å². The molecule has 0 unspecified atom stereocenters. The number of nitrogens with zero attached hydrogens (tertiary/aromatic N) is 1. The Labute approximate surface area is 73.5 Å². The largest absolute Gasteiger partial charge is 0.380 e. The van der Waals surface area contributed by atoms with Crippen LogP contribution in [0.25, 0.3) is 0 Å². The number of nitrogens with two attached hydrogens (primary N) is 1. The Kier molecular flexibility index (Phi) is 6.16. The summed E-state index contributed by atoms with van der Waals surface area (Å²) >= 11 is 4.81. The minimum atomic E-state index is 0.451. The van der Waals surface area contributed by atoms with E-state index in [1.165, 1.54) is 0 Å². The second-order valence-electron chi connectivity index (χ2n) is 2.11. The summed E-state index contributed by atoms with van der Waals surface area (Å²) in [7, 11) is 0. The Balaban J connectivity index is 3.44. The second kappa shape index (κ2) is 6.37. The molecule has 0 rings (SSSR count). The van der Waals surface area contributed by atoms with Crippen LogP contribution >= 0.6 is 12.2 Å². The lowest BCUT2D eigenvalue weighted by atomic mass is 10.5. The van der Waals surface area contributed by atoms with Gasteiger partial charge in [-0.05, 0) is 26.1 Å². The van der Waals surface area contributed by atoms with Crippen molar-refractivity contribution in [1.29, 1.82) is 0 Å². The molecule has 66 valence electrons. The van der Waals surface area contributed by atoms with Gasteiger partial charge in [0.2, 0.25) is 0 Å². The van der Waals surface area contributed by atoms with Crippen molar-refractivity contribution in [3.05, 3.63) is 0 Å². The van der Waals surface area contributed by atoms with Crippen LogP contribution in [0.4, 0.5) is 0 Å².